The first-order chi connectivity index (χ1) is 7.84. The van der Waals surface area contributed by atoms with Crippen molar-refractivity contribution in [3.63, 3.8) is 0 Å². The fourth-order valence-electron chi connectivity index (χ4n) is 2.93. The third-order valence-electron chi connectivity index (χ3n) is 3.74. The van der Waals surface area contributed by atoms with Crippen molar-refractivity contribution >= 4 is 0 Å². The molecule has 0 spiro atoms. The normalized spacial score (nSPS) is 29.1. The zero-order chi connectivity index (χ0) is 11.0. The van der Waals surface area contributed by atoms with Crippen LogP contribution in [0.1, 0.15) is 35.6 Å². The van der Waals surface area contributed by atoms with Gasteiger partial charge in [-0.3, -0.25) is 0 Å². The van der Waals surface area contributed by atoms with Crippen LogP contribution < -0.4 is 5.32 Å². The molecule has 2 aliphatic rings. The molecule has 0 aromatic heterocycles. The fraction of sp³-hybridized carbons (Fsp3) is 0.571. The van der Waals surface area contributed by atoms with Gasteiger partial charge in [0.1, 0.15) is 0 Å². The van der Waals surface area contributed by atoms with Crippen molar-refractivity contribution in [2.24, 2.45) is 0 Å². The van der Waals surface area contributed by atoms with Crippen molar-refractivity contribution in [2.75, 3.05) is 13.2 Å². The third-order valence-corrected chi connectivity index (χ3v) is 3.74. The van der Waals surface area contributed by atoms with E-state index in [4.69, 9.17) is 4.74 Å². The van der Waals surface area contributed by atoms with E-state index in [1.54, 1.807) is 0 Å². The maximum absolute atomic E-state index is 5.98. The lowest BCUT2D eigenvalue weighted by molar-refractivity contribution is -0.00647. The molecule has 16 heavy (non-hydrogen) atoms. The highest BCUT2D eigenvalue weighted by molar-refractivity contribution is 5.35. The predicted molar refractivity (Wildman–Crippen MR) is 64.6 cm³/mol. The van der Waals surface area contributed by atoms with Crippen LogP contribution in [0, 0.1) is 6.92 Å². The smallest absolute Gasteiger partial charge is 0.0981 e. The molecule has 1 aromatic carbocycles. The molecule has 1 saturated heterocycles. The van der Waals surface area contributed by atoms with Crippen LogP contribution in [0.15, 0.2) is 18.2 Å². The molecule has 2 heteroatoms. The first-order valence-corrected chi connectivity index (χ1v) is 6.29. The van der Waals surface area contributed by atoms with Gasteiger partial charge >= 0.3 is 0 Å². The number of morpholine rings is 1. The van der Waals surface area contributed by atoms with E-state index < -0.39 is 0 Å². The Labute approximate surface area is 97.0 Å². The van der Waals surface area contributed by atoms with Crippen LogP contribution in [0.3, 0.4) is 0 Å². The zero-order valence-electron chi connectivity index (χ0n) is 9.83. The highest BCUT2D eigenvalue weighted by atomic mass is 16.5. The van der Waals surface area contributed by atoms with E-state index in [0.29, 0.717) is 6.04 Å². The average Bonchev–Trinajstić information content (AvgIpc) is 2.48. The maximum atomic E-state index is 5.98. The van der Waals surface area contributed by atoms with Crippen LogP contribution in [-0.4, -0.2) is 19.2 Å². The van der Waals surface area contributed by atoms with E-state index in [-0.39, 0.29) is 6.10 Å². The molecule has 1 fully saturated rings. The average molecular weight is 217 g/mol. The van der Waals surface area contributed by atoms with E-state index in [1.165, 1.54) is 36.0 Å². The largest absolute Gasteiger partial charge is 0.371 e. The fourth-order valence-corrected chi connectivity index (χ4v) is 2.93. The number of rotatable bonds is 0. The number of hydrogen-bond acceptors (Lipinski definition) is 2. The quantitative estimate of drug-likeness (QED) is 0.720. The number of ether oxygens (including phenoxy) is 1. The Morgan fingerprint density at radius 3 is 3.25 bits per heavy atom. The SMILES string of the molecule is Cc1ccc2c(c1)C1OCCNC1CCC2. The maximum Gasteiger partial charge on any atom is 0.0981 e. The van der Waals surface area contributed by atoms with E-state index in [1.807, 2.05) is 0 Å². The Bertz CT molecular complexity index is 388. The van der Waals surface area contributed by atoms with Crippen LogP contribution in [0.4, 0.5) is 0 Å². The van der Waals surface area contributed by atoms with Gasteiger partial charge in [0.15, 0.2) is 0 Å². The summed E-state index contributed by atoms with van der Waals surface area (Å²) in [7, 11) is 0. The summed E-state index contributed by atoms with van der Waals surface area (Å²) in [6, 6.07) is 7.34. The van der Waals surface area contributed by atoms with Crippen molar-refractivity contribution in [1.82, 2.24) is 5.32 Å². The second kappa shape index (κ2) is 4.19. The number of aryl methyl sites for hydroxylation is 2. The summed E-state index contributed by atoms with van der Waals surface area (Å²) in [5.74, 6) is 0. The Morgan fingerprint density at radius 1 is 1.38 bits per heavy atom. The summed E-state index contributed by atoms with van der Waals surface area (Å²) in [6.07, 6.45) is 3.99. The topological polar surface area (TPSA) is 21.3 Å². The van der Waals surface area contributed by atoms with E-state index >= 15 is 0 Å². The molecule has 1 aliphatic heterocycles. The minimum Gasteiger partial charge on any atom is -0.371 e. The number of nitrogens with one attached hydrogen (secondary N) is 1. The Kier molecular flexibility index (Phi) is 2.70. The van der Waals surface area contributed by atoms with Gasteiger partial charge in [-0.25, -0.2) is 0 Å². The highest BCUT2D eigenvalue weighted by Gasteiger charge is 2.30. The van der Waals surface area contributed by atoms with Gasteiger partial charge < -0.3 is 10.1 Å². The van der Waals surface area contributed by atoms with Gasteiger partial charge in [0, 0.05) is 12.6 Å². The number of hydrogen-bond donors (Lipinski definition) is 1. The van der Waals surface area contributed by atoms with E-state index in [0.717, 1.165) is 13.2 Å². The first kappa shape index (κ1) is 10.3. The van der Waals surface area contributed by atoms with E-state index in [2.05, 4.69) is 30.4 Å². The van der Waals surface area contributed by atoms with Gasteiger partial charge in [-0.15, -0.1) is 0 Å². The second-order valence-corrected chi connectivity index (χ2v) is 4.95. The molecule has 1 aromatic rings. The Hall–Kier alpha value is -0.860. The molecular weight excluding hydrogens is 198 g/mol. The minimum absolute atomic E-state index is 0.283. The molecular formula is C14H19NO. The van der Waals surface area contributed by atoms with Gasteiger partial charge in [-0.05, 0) is 37.3 Å². The molecule has 0 amide bonds. The summed E-state index contributed by atoms with van der Waals surface area (Å²) in [5.41, 5.74) is 4.25. The lowest BCUT2D eigenvalue weighted by atomic mass is 9.96. The van der Waals surface area contributed by atoms with Crippen molar-refractivity contribution in [1.29, 1.82) is 0 Å². The highest BCUT2D eigenvalue weighted by Crippen LogP contribution is 2.33. The third kappa shape index (κ3) is 1.76. The Balaban J connectivity index is 2.02. The summed E-state index contributed by atoms with van der Waals surface area (Å²) >= 11 is 0. The van der Waals surface area contributed by atoms with Crippen LogP contribution in [-0.2, 0) is 11.2 Å². The van der Waals surface area contributed by atoms with Crippen molar-refractivity contribution in [3.05, 3.63) is 34.9 Å². The van der Waals surface area contributed by atoms with Gasteiger partial charge in [-0.2, -0.15) is 0 Å². The molecule has 0 radical (unpaired) electrons. The second-order valence-electron chi connectivity index (χ2n) is 4.95. The van der Waals surface area contributed by atoms with Crippen LogP contribution in [0.5, 0.6) is 0 Å². The monoisotopic (exact) mass is 217 g/mol. The molecule has 86 valence electrons. The van der Waals surface area contributed by atoms with Gasteiger partial charge in [0.25, 0.3) is 0 Å². The van der Waals surface area contributed by atoms with Crippen LogP contribution in [0.2, 0.25) is 0 Å². The van der Waals surface area contributed by atoms with E-state index in [9.17, 15) is 0 Å². The van der Waals surface area contributed by atoms with Crippen molar-refractivity contribution in [3.8, 4) is 0 Å². The number of benzene rings is 1. The number of fused-ring (bicyclic) bond motifs is 3. The van der Waals surface area contributed by atoms with Crippen molar-refractivity contribution < 1.29 is 4.74 Å². The molecule has 2 nitrogen and oxygen atoms in total. The van der Waals surface area contributed by atoms with Gasteiger partial charge in [0.05, 0.1) is 12.7 Å². The lowest BCUT2D eigenvalue weighted by Crippen LogP contribution is -2.43. The molecule has 1 N–H and O–H groups in total. The molecule has 1 aliphatic carbocycles. The summed E-state index contributed by atoms with van der Waals surface area (Å²) in [6.45, 7) is 4.01. The summed E-state index contributed by atoms with van der Waals surface area (Å²) in [4.78, 5) is 0. The van der Waals surface area contributed by atoms with Crippen LogP contribution >= 0.6 is 0 Å². The Morgan fingerprint density at radius 2 is 2.31 bits per heavy atom. The van der Waals surface area contributed by atoms with Crippen molar-refractivity contribution in [2.45, 2.75) is 38.3 Å². The first-order valence-electron chi connectivity index (χ1n) is 6.29. The summed E-state index contributed by atoms with van der Waals surface area (Å²) in [5, 5.41) is 3.60. The minimum atomic E-state index is 0.283. The molecule has 3 rings (SSSR count). The zero-order valence-corrected chi connectivity index (χ0v) is 9.83. The molecule has 0 saturated carbocycles. The van der Waals surface area contributed by atoms with Gasteiger partial charge in [0.2, 0.25) is 0 Å². The van der Waals surface area contributed by atoms with Crippen LogP contribution in [0.25, 0.3) is 0 Å². The molecule has 2 atom stereocenters. The molecule has 0 bridgehead atoms. The van der Waals surface area contributed by atoms with Gasteiger partial charge in [-0.1, -0.05) is 23.8 Å². The molecule has 2 unspecified atom stereocenters. The summed E-state index contributed by atoms with van der Waals surface area (Å²) < 4.78 is 5.98. The standard InChI is InChI=1S/C14H19NO/c1-10-5-6-11-3-2-4-13-14(12(11)9-10)16-8-7-15-13/h5-6,9,13-15H,2-4,7-8H2,1H3. The molecule has 1 heterocycles. The predicted octanol–water partition coefficient (Wildman–Crippen LogP) is 2.36. The lowest BCUT2D eigenvalue weighted by Gasteiger charge is -2.32.